The Labute approximate surface area is 208 Å². The molecule has 32 heavy (non-hydrogen) atoms. The summed E-state index contributed by atoms with van der Waals surface area (Å²) in [5.41, 5.74) is 4.51. The fourth-order valence-corrected chi connectivity index (χ4v) is 4.76. The summed E-state index contributed by atoms with van der Waals surface area (Å²) in [5, 5.41) is 4.78. The molecule has 3 aromatic carbocycles. The van der Waals surface area contributed by atoms with Crippen LogP contribution >= 0.6 is 47.8 Å². The third-order valence-electron chi connectivity index (χ3n) is 4.38. The summed E-state index contributed by atoms with van der Waals surface area (Å²) in [5.74, 6) is -0.0100. The van der Waals surface area contributed by atoms with E-state index in [0.29, 0.717) is 15.8 Å². The first kappa shape index (κ1) is 22.7. The van der Waals surface area contributed by atoms with E-state index in [4.69, 9.17) is 9.15 Å². The molecular weight excluding hydrogens is 611 g/mol. The predicted molar refractivity (Wildman–Crippen MR) is 132 cm³/mol. The summed E-state index contributed by atoms with van der Waals surface area (Å²) >= 11 is 10.3. The molecule has 1 amide bonds. The Morgan fingerprint density at radius 3 is 2.69 bits per heavy atom. The van der Waals surface area contributed by atoms with Crippen molar-refractivity contribution in [3.63, 3.8) is 0 Å². The molecule has 0 fully saturated rings. The summed E-state index contributed by atoms with van der Waals surface area (Å²) in [6.45, 7) is 0.240. The number of halogens is 4. The highest BCUT2D eigenvalue weighted by Crippen LogP contribution is 2.31. The highest BCUT2D eigenvalue weighted by atomic mass is 79.9. The average molecular weight is 625 g/mol. The van der Waals surface area contributed by atoms with Crippen LogP contribution in [0, 0.1) is 5.82 Å². The van der Waals surface area contributed by atoms with Crippen molar-refractivity contribution in [3.05, 3.63) is 96.8 Å². The van der Waals surface area contributed by atoms with Crippen LogP contribution in [0.4, 0.5) is 4.39 Å². The molecule has 9 heteroatoms. The highest BCUT2D eigenvalue weighted by Gasteiger charge is 2.14. The number of nitrogens with one attached hydrogen (secondary N) is 1. The Bertz CT molecular complexity index is 1340. The van der Waals surface area contributed by atoms with Gasteiger partial charge < -0.3 is 9.15 Å². The summed E-state index contributed by atoms with van der Waals surface area (Å²) in [4.78, 5) is 12.4. The van der Waals surface area contributed by atoms with Gasteiger partial charge in [0.2, 0.25) is 0 Å². The number of ether oxygens (including phenoxy) is 1. The maximum atomic E-state index is 13.3. The van der Waals surface area contributed by atoms with Gasteiger partial charge in [0.1, 0.15) is 23.8 Å². The topological polar surface area (TPSA) is 63.8 Å². The van der Waals surface area contributed by atoms with E-state index in [1.165, 1.54) is 18.3 Å². The number of hydrogen-bond acceptors (Lipinski definition) is 4. The minimum Gasteiger partial charge on any atom is -0.488 e. The van der Waals surface area contributed by atoms with Crippen molar-refractivity contribution in [2.24, 2.45) is 5.10 Å². The lowest BCUT2D eigenvalue weighted by molar-refractivity contribution is 0.0929. The van der Waals surface area contributed by atoms with Gasteiger partial charge in [-0.05, 0) is 91.5 Å². The summed E-state index contributed by atoms with van der Waals surface area (Å²) < 4.78 is 27.0. The van der Waals surface area contributed by atoms with Crippen molar-refractivity contribution in [1.82, 2.24) is 5.43 Å². The zero-order chi connectivity index (χ0) is 22.7. The van der Waals surface area contributed by atoms with E-state index in [9.17, 15) is 9.18 Å². The SMILES string of the molecule is O=C(N/N=C\c1ccc(OCc2cccc(F)c2)c(Br)c1)c1cc2cc(Br)cc(Br)c2o1. The zero-order valence-electron chi connectivity index (χ0n) is 16.2. The molecule has 0 spiro atoms. The van der Waals surface area contributed by atoms with Crippen LogP contribution in [0.2, 0.25) is 0 Å². The third kappa shape index (κ3) is 5.46. The Balaban J connectivity index is 1.38. The highest BCUT2D eigenvalue weighted by molar-refractivity contribution is 9.11. The average Bonchev–Trinajstić information content (AvgIpc) is 3.18. The van der Waals surface area contributed by atoms with Gasteiger partial charge in [-0.25, -0.2) is 9.82 Å². The molecule has 0 unspecified atom stereocenters. The molecule has 0 aliphatic rings. The minimum absolute atomic E-state index is 0.151. The number of nitrogens with zero attached hydrogens (tertiary/aromatic N) is 1. The minimum atomic E-state index is -0.463. The van der Waals surface area contributed by atoms with Crippen LogP contribution in [0.1, 0.15) is 21.7 Å². The number of fused-ring (bicyclic) bond motifs is 1. The van der Waals surface area contributed by atoms with Gasteiger partial charge in [0.25, 0.3) is 0 Å². The number of amides is 1. The number of hydrogen-bond donors (Lipinski definition) is 1. The lowest BCUT2D eigenvalue weighted by Gasteiger charge is -2.09. The second kappa shape index (κ2) is 9.97. The lowest BCUT2D eigenvalue weighted by atomic mass is 10.2. The van der Waals surface area contributed by atoms with E-state index >= 15 is 0 Å². The van der Waals surface area contributed by atoms with Gasteiger partial charge in [-0.1, -0.05) is 28.1 Å². The summed E-state index contributed by atoms with van der Waals surface area (Å²) in [6.07, 6.45) is 1.51. The first-order chi connectivity index (χ1) is 15.4. The third-order valence-corrected chi connectivity index (χ3v) is 6.05. The van der Waals surface area contributed by atoms with Crippen LogP contribution in [0.5, 0.6) is 5.75 Å². The van der Waals surface area contributed by atoms with E-state index < -0.39 is 5.91 Å². The monoisotopic (exact) mass is 622 g/mol. The second-order valence-electron chi connectivity index (χ2n) is 6.72. The Morgan fingerprint density at radius 2 is 1.91 bits per heavy atom. The van der Waals surface area contributed by atoms with Gasteiger partial charge in [-0.3, -0.25) is 4.79 Å². The molecular formula is C23H14Br3FN2O3. The van der Waals surface area contributed by atoms with Crippen LogP contribution in [-0.4, -0.2) is 12.1 Å². The molecule has 1 aromatic heterocycles. The molecule has 0 aliphatic carbocycles. The van der Waals surface area contributed by atoms with E-state index in [1.807, 2.05) is 12.1 Å². The maximum Gasteiger partial charge on any atom is 0.307 e. The molecule has 4 aromatic rings. The number of furan rings is 1. The van der Waals surface area contributed by atoms with Crippen LogP contribution < -0.4 is 10.2 Å². The first-order valence-electron chi connectivity index (χ1n) is 9.28. The van der Waals surface area contributed by atoms with E-state index in [0.717, 1.165) is 25.5 Å². The van der Waals surface area contributed by atoms with E-state index in [1.54, 1.807) is 36.4 Å². The molecule has 0 atom stereocenters. The zero-order valence-corrected chi connectivity index (χ0v) is 21.0. The van der Waals surface area contributed by atoms with E-state index in [2.05, 4.69) is 58.3 Å². The summed E-state index contributed by atoms with van der Waals surface area (Å²) in [7, 11) is 0. The largest absolute Gasteiger partial charge is 0.488 e. The number of carbonyl (C=O) groups excluding carboxylic acids is 1. The molecule has 0 radical (unpaired) electrons. The standard InChI is InChI=1S/C23H14Br3FN2O3/c24-16-8-15-9-21(32-22(15)19(26)10-16)23(30)29-28-11-13-4-5-20(18(25)7-13)31-12-14-2-1-3-17(27)6-14/h1-11H,12H2,(H,29,30)/b28-11-. The second-order valence-corrected chi connectivity index (χ2v) is 9.35. The Hall–Kier alpha value is -2.49. The number of hydrazone groups is 1. The fraction of sp³-hybridized carbons (Fsp3) is 0.0435. The van der Waals surface area contributed by atoms with Gasteiger partial charge in [-0.15, -0.1) is 0 Å². The predicted octanol–water partition coefficient (Wildman–Crippen LogP) is 7.20. The molecule has 5 nitrogen and oxygen atoms in total. The van der Waals surface area contributed by atoms with Gasteiger partial charge >= 0.3 is 5.91 Å². The number of rotatable bonds is 6. The molecule has 1 N–H and O–H groups in total. The van der Waals surface area contributed by atoms with Crippen LogP contribution in [-0.2, 0) is 6.61 Å². The van der Waals surface area contributed by atoms with E-state index in [-0.39, 0.29) is 18.2 Å². The Kier molecular flexibility index (Phi) is 7.07. The van der Waals surface area contributed by atoms with Crippen LogP contribution in [0.25, 0.3) is 11.0 Å². The molecule has 162 valence electrons. The van der Waals surface area contributed by atoms with Gasteiger partial charge in [0.05, 0.1) is 15.2 Å². The maximum absolute atomic E-state index is 13.3. The van der Waals surface area contributed by atoms with Crippen molar-refractivity contribution >= 4 is 70.9 Å². The van der Waals surface area contributed by atoms with Gasteiger partial charge in [0.15, 0.2) is 5.76 Å². The van der Waals surface area contributed by atoms with Crippen molar-refractivity contribution in [3.8, 4) is 5.75 Å². The van der Waals surface area contributed by atoms with Crippen LogP contribution in [0.3, 0.4) is 0 Å². The Morgan fingerprint density at radius 1 is 1.06 bits per heavy atom. The van der Waals surface area contributed by atoms with Crippen LogP contribution in [0.15, 0.2) is 83.6 Å². The fourth-order valence-electron chi connectivity index (χ4n) is 2.91. The molecule has 0 aliphatic heterocycles. The molecule has 4 rings (SSSR count). The molecule has 0 bridgehead atoms. The van der Waals surface area contributed by atoms with Crippen molar-refractivity contribution < 1.29 is 18.3 Å². The molecule has 0 saturated heterocycles. The number of carbonyl (C=O) groups is 1. The van der Waals surface area contributed by atoms with Gasteiger partial charge in [0, 0.05) is 9.86 Å². The quantitative estimate of drug-likeness (QED) is 0.182. The molecule has 0 saturated carbocycles. The smallest absolute Gasteiger partial charge is 0.307 e. The normalized spacial score (nSPS) is 11.2. The molecule has 1 heterocycles. The summed E-state index contributed by atoms with van der Waals surface area (Å²) in [6, 6.07) is 17.0. The van der Waals surface area contributed by atoms with Crippen molar-refractivity contribution in [2.75, 3.05) is 0 Å². The van der Waals surface area contributed by atoms with Gasteiger partial charge in [-0.2, -0.15) is 5.10 Å². The number of benzene rings is 3. The lowest BCUT2D eigenvalue weighted by Crippen LogP contribution is -2.16. The first-order valence-corrected chi connectivity index (χ1v) is 11.7. The van der Waals surface area contributed by atoms with Crippen molar-refractivity contribution in [1.29, 1.82) is 0 Å². The van der Waals surface area contributed by atoms with Crippen molar-refractivity contribution in [2.45, 2.75) is 6.61 Å².